The average Bonchev–Trinajstić information content (AvgIpc) is 3.30. The van der Waals surface area contributed by atoms with Gasteiger partial charge < -0.3 is 4.90 Å². The van der Waals surface area contributed by atoms with Crippen LogP contribution in [0.15, 0.2) is 73.1 Å². The summed E-state index contributed by atoms with van der Waals surface area (Å²) in [6, 6.07) is 20.0. The highest BCUT2D eigenvalue weighted by molar-refractivity contribution is 6.11. The third-order valence-electron chi connectivity index (χ3n) is 5.16. The lowest BCUT2D eigenvalue weighted by molar-refractivity contribution is 0.0989. The molecule has 1 amide bonds. The summed E-state index contributed by atoms with van der Waals surface area (Å²) in [5, 5.41) is 4.47. The van der Waals surface area contributed by atoms with Crippen LogP contribution in [0.3, 0.4) is 0 Å². The van der Waals surface area contributed by atoms with Gasteiger partial charge in [-0.05, 0) is 17.7 Å². The van der Waals surface area contributed by atoms with Crippen LogP contribution in [0.5, 0.6) is 0 Å². The second-order valence-corrected chi connectivity index (χ2v) is 6.87. The molecule has 5 rings (SSSR count). The molecule has 0 fully saturated rings. The van der Waals surface area contributed by atoms with Gasteiger partial charge in [0.05, 0.1) is 11.9 Å². The maximum Gasteiger partial charge on any atom is 0.263 e. The second kappa shape index (κ2) is 6.06. The summed E-state index contributed by atoms with van der Waals surface area (Å²) < 4.78 is 1.74. The van der Waals surface area contributed by atoms with Crippen LogP contribution >= 0.6 is 0 Å². The summed E-state index contributed by atoms with van der Waals surface area (Å²) in [5.41, 5.74) is 5.24. The van der Waals surface area contributed by atoms with E-state index < -0.39 is 0 Å². The molecule has 4 aromatic rings. The Balaban J connectivity index is 1.60. The number of anilines is 1. The minimum atomic E-state index is -0.0560. The molecule has 0 bridgehead atoms. The third kappa shape index (κ3) is 2.43. The number of carbonyl (C=O) groups excluding carboxylic acids is 1. The first-order valence-electron chi connectivity index (χ1n) is 9.03. The quantitative estimate of drug-likeness (QED) is 0.543. The van der Waals surface area contributed by atoms with Gasteiger partial charge in [-0.25, -0.2) is 9.50 Å². The van der Waals surface area contributed by atoms with Crippen molar-refractivity contribution in [1.82, 2.24) is 14.6 Å². The van der Waals surface area contributed by atoms with Gasteiger partial charge in [-0.15, -0.1) is 0 Å². The Bertz CT molecular complexity index is 1150. The van der Waals surface area contributed by atoms with E-state index in [4.69, 9.17) is 0 Å². The molecular weight excluding hydrogens is 336 g/mol. The highest BCUT2D eigenvalue weighted by atomic mass is 16.2. The van der Waals surface area contributed by atoms with Gasteiger partial charge in [-0.1, -0.05) is 55.5 Å². The normalized spacial score (nSPS) is 15.9. The SMILES string of the molecule is C[C@@H]1CN(C(=O)c2cnn3c(-c4ccccc4)ccnc23)c2ccccc21. The zero-order chi connectivity index (χ0) is 18.4. The Morgan fingerprint density at radius 1 is 1.04 bits per heavy atom. The molecule has 1 aliphatic heterocycles. The topological polar surface area (TPSA) is 50.5 Å². The van der Waals surface area contributed by atoms with Gasteiger partial charge in [0.25, 0.3) is 5.91 Å². The van der Waals surface area contributed by atoms with Gasteiger partial charge in [0.2, 0.25) is 0 Å². The minimum Gasteiger partial charge on any atom is -0.307 e. The van der Waals surface area contributed by atoms with E-state index in [1.165, 1.54) is 5.56 Å². The van der Waals surface area contributed by atoms with Gasteiger partial charge >= 0.3 is 0 Å². The van der Waals surface area contributed by atoms with Crippen LogP contribution in [-0.2, 0) is 0 Å². The summed E-state index contributed by atoms with van der Waals surface area (Å²) >= 11 is 0. The Morgan fingerprint density at radius 2 is 1.81 bits per heavy atom. The van der Waals surface area contributed by atoms with E-state index in [1.807, 2.05) is 59.5 Å². The molecular formula is C22H18N4O. The molecule has 0 unspecified atom stereocenters. The van der Waals surface area contributed by atoms with Gasteiger partial charge in [-0.2, -0.15) is 5.10 Å². The highest BCUT2D eigenvalue weighted by Crippen LogP contribution is 2.36. The molecule has 2 aromatic carbocycles. The van der Waals surface area contributed by atoms with Crippen LogP contribution in [0.25, 0.3) is 16.9 Å². The molecule has 0 saturated carbocycles. The lowest BCUT2D eigenvalue weighted by Crippen LogP contribution is -2.29. The fourth-order valence-electron chi connectivity index (χ4n) is 3.83. The van der Waals surface area contributed by atoms with E-state index in [2.05, 4.69) is 23.1 Å². The summed E-state index contributed by atoms with van der Waals surface area (Å²) in [5.74, 6) is 0.263. The highest BCUT2D eigenvalue weighted by Gasteiger charge is 2.31. The fraction of sp³-hybridized carbons (Fsp3) is 0.136. The molecule has 132 valence electrons. The van der Waals surface area contributed by atoms with Crippen molar-refractivity contribution in [2.75, 3.05) is 11.4 Å². The van der Waals surface area contributed by atoms with Crippen LogP contribution in [0.4, 0.5) is 5.69 Å². The first-order chi connectivity index (χ1) is 13.2. The Kier molecular flexibility index (Phi) is 3.53. The van der Waals surface area contributed by atoms with Crippen molar-refractivity contribution in [3.63, 3.8) is 0 Å². The predicted octanol–water partition coefficient (Wildman–Crippen LogP) is 4.16. The largest absolute Gasteiger partial charge is 0.307 e. The summed E-state index contributed by atoms with van der Waals surface area (Å²) in [6.07, 6.45) is 3.36. The van der Waals surface area contributed by atoms with E-state index in [0.717, 1.165) is 16.9 Å². The molecule has 1 aliphatic rings. The van der Waals surface area contributed by atoms with E-state index in [0.29, 0.717) is 23.7 Å². The van der Waals surface area contributed by atoms with Crippen LogP contribution in [-0.4, -0.2) is 27.0 Å². The Hall–Kier alpha value is -3.47. The van der Waals surface area contributed by atoms with Gasteiger partial charge in [0.15, 0.2) is 5.65 Å². The minimum absolute atomic E-state index is 0.0560. The van der Waals surface area contributed by atoms with Crippen LogP contribution in [0.1, 0.15) is 28.8 Å². The van der Waals surface area contributed by atoms with E-state index in [1.54, 1.807) is 16.9 Å². The molecule has 5 nitrogen and oxygen atoms in total. The molecule has 27 heavy (non-hydrogen) atoms. The molecule has 3 heterocycles. The monoisotopic (exact) mass is 354 g/mol. The first-order valence-corrected chi connectivity index (χ1v) is 9.03. The number of aromatic nitrogens is 3. The average molecular weight is 354 g/mol. The van der Waals surface area contributed by atoms with Crippen molar-refractivity contribution >= 4 is 17.2 Å². The number of nitrogens with zero attached hydrogens (tertiary/aromatic N) is 4. The lowest BCUT2D eigenvalue weighted by atomic mass is 10.0. The van der Waals surface area contributed by atoms with Crippen LogP contribution in [0.2, 0.25) is 0 Å². The fourth-order valence-corrected chi connectivity index (χ4v) is 3.83. The molecule has 0 saturated heterocycles. The number of para-hydroxylation sites is 1. The predicted molar refractivity (Wildman–Crippen MR) is 105 cm³/mol. The van der Waals surface area contributed by atoms with E-state index >= 15 is 0 Å². The van der Waals surface area contributed by atoms with E-state index in [-0.39, 0.29) is 5.91 Å². The Morgan fingerprint density at radius 3 is 2.67 bits per heavy atom. The number of amides is 1. The van der Waals surface area contributed by atoms with Crippen molar-refractivity contribution in [2.45, 2.75) is 12.8 Å². The van der Waals surface area contributed by atoms with Gasteiger partial charge in [0, 0.05) is 29.9 Å². The molecule has 0 N–H and O–H groups in total. The van der Waals surface area contributed by atoms with Crippen LogP contribution in [0, 0.1) is 0 Å². The van der Waals surface area contributed by atoms with E-state index in [9.17, 15) is 4.79 Å². The number of carbonyl (C=O) groups is 1. The van der Waals surface area contributed by atoms with Gasteiger partial charge in [0.1, 0.15) is 5.56 Å². The molecule has 0 radical (unpaired) electrons. The summed E-state index contributed by atoms with van der Waals surface area (Å²) in [7, 11) is 0. The van der Waals surface area contributed by atoms with Crippen molar-refractivity contribution in [3.05, 3.63) is 84.2 Å². The number of hydrogen-bond acceptors (Lipinski definition) is 3. The molecule has 5 heteroatoms. The van der Waals surface area contributed by atoms with Crippen molar-refractivity contribution in [2.24, 2.45) is 0 Å². The molecule has 0 spiro atoms. The van der Waals surface area contributed by atoms with Crippen molar-refractivity contribution in [1.29, 1.82) is 0 Å². The summed E-state index contributed by atoms with van der Waals surface area (Å²) in [6.45, 7) is 2.82. The lowest BCUT2D eigenvalue weighted by Gasteiger charge is -2.16. The smallest absolute Gasteiger partial charge is 0.263 e. The van der Waals surface area contributed by atoms with Crippen LogP contribution < -0.4 is 4.90 Å². The first kappa shape index (κ1) is 15.8. The number of rotatable bonds is 2. The van der Waals surface area contributed by atoms with Crippen molar-refractivity contribution < 1.29 is 4.79 Å². The number of benzene rings is 2. The number of hydrogen-bond donors (Lipinski definition) is 0. The standard InChI is InChI=1S/C22H18N4O/c1-15-14-25(20-10-6-5-9-17(15)20)22(27)18-13-24-26-19(11-12-23-21(18)26)16-7-3-2-4-8-16/h2-13,15H,14H2,1H3/t15-/m1/s1. The number of fused-ring (bicyclic) bond motifs is 2. The maximum absolute atomic E-state index is 13.3. The van der Waals surface area contributed by atoms with Crippen molar-refractivity contribution in [3.8, 4) is 11.3 Å². The zero-order valence-corrected chi connectivity index (χ0v) is 14.9. The molecule has 1 atom stereocenters. The molecule has 2 aromatic heterocycles. The second-order valence-electron chi connectivity index (χ2n) is 6.87. The third-order valence-corrected chi connectivity index (χ3v) is 5.16. The zero-order valence-electron chi connectivity index (χ0n) is 14.9. The maximum atomic E-state index is 13.3. The molecule has 0 aliphatic carbocycles. The van der Waals surface area contributed by atoms with Gasteiger partial charge in [-0.3, -0.25) is 4.79 Å². The Labute approximate surface area is 156 Å². The summed E-state index contributed by atoms with van der Waals surface area (Å²) in [4.78, 5) is 19.6.